The van der Waals surface area contributed by atoms with E-state index >= 15 is 0 Å². The molecule has 2 unspecified atom stereocenters. The Kier molecular flexibility index (Phi) is 3.31. The van der Waals surface area contributed by atoms with E-state index in [-0.39, 0.29) is 0 Å². The van der Waals surface area contributed by atoms with Crippen LogP contribution in [0.5, 0.6) is 0 Å². The standard InChI is InChI=1S/C18H26N2/c1-13-2-4-15(5-3-13)18(16-6-7-16)19-17-12-20-10-8-14(17)9-11-20/h2-5,14,16-19H,6-12H2,1H3. The minimum atomic E-state index is 0.598. The highest BCUT2D eigenvalue weighted by molar-refractivity contribution is 5.26. The molecule has 0 amide bonds. The molecule has 0 aromatic heterocycles. The van der Waals surface area contributed by atoms with Gasteiger partial charge in [-0.3, -0.25) is 0 Å². The fourth-order valence-corrected chi connectivity index (χ4v) is 4.09. The van der Waals surface area contributed by atoms with Crippen LogP contribution in [0, 0.1) is 18.8 Å². The predicted octanol–water partition coefficient (Wildman–Crippen LogP) is 3.13. The molecular formula is C18H26N2. The topological polar surface area (TPSA) is 15.3 Å². The quantitative estimate of drug-likeness (QED) is 0.904. The second kappa shape index (κ2) is 5.16. The minimum Gasteiger partial charge on any atom is -0.305 e. The van der Waals surface area contributed by atoms with Crippen molar-refractivity contribution >= 4 is 0 Å². The van der Waals surface area contributed by atoms with Crippen molar-refractivity contribution in [2.45, 2.75) is 44.7 Å². The van der Waals surface area contributed by atoms with Gasteiger partial charge in [0.1, 0.15) is 0 Å². The van der Waals surface area contributed by atoms with Crippen LogP contribution >= 0.6 is 0 Å². The van der Waals surface area contributed by atoms with Gasteiger partial charge in [0, 0.05) is 18.6 Å². The lowest BCUT2D eigenvalue weighted by molar-refractivity contribution is 0.0653. The number of piperidine rings is 3. The van der Waals surface area contributed by atoms with E-state index in [0.29, 0.717) is 6.04 Å². The van der Waals surface area contributed by atoms with Crippen molar-refractivity contribution in [3.8, 4) is 0 Å². The summed E-state index contributed by atoms with van der Waals surface area (Å²) in [6, 6.07) is 10.5. The first-order valence-corrected chi connectivity index (χ1v) is 8.34. The van der Waals surface area contributed by atoms with Crippen LogP contribution in [0.2, 0.25) is 0 Å². The minimum absolute atomic E-state index is 0.598. The van der Waals surface area contributed by atoms with Crippen LogP contribution in [0.15, 0.2) is 24.3 Å². The molecule has 5 rings (SSSR count). The monoisotopic (exact) mass is 270 g/mol. The van der Waals surface area contributed by atoms with Gasteiger partial charge >= 0.3 is 0 Å². The molecule has 1 N–H and O–H groups in total. The van der Waals surface area contributed by atoms with Gasteiger partial charge in [0.2, 0.25) is 0 Å². The van der Waals surface area contributed by atoms with Gasteiger partial charge in [-0.05, 0) is 63.1 Å². The van der Waals surface area contributed by atoms with Crippen LogP contribution in [-0.4, -0.2) is 30.6 Å². The Labute approximate surface area is 122 Å². The number of nitrogens with one attached hydrogen (secondary N) is 1. The fraction of sp³-hybridized carbons (Fsp3) is 0.667. The summed E-state index contributed by atoms with van der Waals surface area (Å²) < 4.78 is 0. The lowest BCUT2D eigenvalue weighted by Gasteiger charge is -2.46. The smallest absolute Gasteiger partial charge is 0.0351 e. The lowest BCUT2D eigenvalue weighted by Crippen LogP contribution is -2.56. The Morgan fingerprint density at radius 2 is 1.75 bits per heavy atom. The summed E-state index contributed by atoms with van der Waals surface area (Å²) in [7, 11) is 0. The summed E-state index contributed by atoms with van der Waals surface area (Å²) in [5.41, 5.74) is 2.88. The van der Waals surface area contributed by atoms with Gasteiger partial charge in [-0.1, -0.05) is 29.8 Å². The van der Waals surface area contributed by atoms with E-state index in [1.165, 1.54) is 56.4 Å². The number of benzene rings is 1. The largest absolute Gasteiger partial charge is 0.305 e. The van der Waals surface area contributed by atoms with E-state index in [4.69, 9.17) is 0 Å². The van der Waals surface area contributed by atoms with Gasteiger partial charge in [-0.2, -0.15) is 0 Å². The highest BCUT2D eigenvalue weighted by Gasteiger charge is 2.39. The molecule has 0 radical (unpaired) electrons. The molecule has 2 nitrogen and oxygen atoms in total. The number of hydrogen-bond donors (Lipinski definition) is 1. The molecule has 0 spiro atoms. The van der Waals surface area contributed by atoms with E-state index in [0.717, 1.165) is 17.9 Å². The summed E-state index contributed by atoms with van der Waals surface area (Å²) in [6.07, 6.45) is 5.63. The number of nitrogens with zero attached hydrogens (tertiary/aromatic N) is 1. The molecule has 1 saturated carbocycles. The summed E-state index contributed by atoms with van der Waals surface area (Å²) in [5, 5.41) is 4.04. The van der Waals surface area contributed by atoms with E-state index in [1.54, 1.807) is 0 Å². The van der Waals surface area contributed by atoms with Gasteiger partial charge in [0.15, 0.2) is 0 Å². The van der Waals surface area contributed by atoms with Gasteiger partial charge in [0.05, 0.1) is 0 Å². The molecule has 2 atom stereocenters. The van der Waals surface area contributed by atoms with Crippen LogP contribution < -0.4 is 5.32 Å². The molecule has 2 heteroatoms. The number of fused-ring (bicyclic) bond motifs is 3. The van der Waals surface area contributed by atoms with Crippen molar-refractivity contribution in [1.82, 2.24) is 10.2 Å². The highest BCUT2D eigenvalue weighted by Crippen LogP contribution is 2.42. The maximum absolute atomic E-state index is 4.04. The summed E-state index contributed by atoms with van der Waals surface area (Å²) in [6.45, 7) is 6.12. The first-order chi connectivity index (χ1) is 9.79. The van der Waals surface area contributed by atoms with Crippen molar-refractivity contribution in [2.24, 2.45) is 11.8 Å². The predicted molar refractivity (Wildman–Crippen MR) is 82.7 cm³/mol. The normalized spacial score (nSPS) is 34.1. The first-order valence-electron chi connectivity index (χ1n) is 8.34. The van der Waals surface area contributed by atoms with Gasteiger partial charge in [-0.25, -0.2) is 0 Å². The second-order valence-corrected chi connectivity index (χ2v) is 7.14. The highest BCUT2D eigenvalue weighted by atomic mass is 15.2. The summed E-state index contributed by atoms with van der Waals surface area (Å²) in [5.74, 6) is 1.81. The molecule has 2 bridgehead atoms. The average molecular weight is 270 g/mol. The number of aryl methyl sites for hydroxylation is 1. The van der Waals surface area contributed by atoms with Crippen LogP contribution in [0.3, 0.4) is 0 Å². The SMILES string of the molecule is Cc1ccc(C(NC2CN3CCC2CC3)C2CC2)cc1. The second-order valence-electron chi connectivity index (χ2n) is 7.14. The Balaban J connectivity index is 1.50. The molecule has 4 aliphatic rings. The van der Waals surface area contributed by atoms with Crippen molar-refractivity contribution in [1.29, 1.82) is 0 Å². The number of hydrogen-bond acceptors (Lipinski definition) is 2. The maximum atomic E-state index is 4.04. The molecule has 20 heavy (non-hydrogen) atoms. The van der Waals surface area contributed by atoms with Crippen LogP contribution in [0.25, 0.3) is 0 Å². The van der Waals surface area contributed by atoms with Crippen molar-refractivity contribution in [3.63, 3.8) is 0 Å². The zero-order valence-electron chi connectivity index (χ0n) is 12.5. The maximum Gasteiger partial charge on any atom is 0.0351 e. The van der Waals surface area contributed by atoms with Crippen molar-refractivity contribution in [3.05, 3.63) is 35.4 Å². The molecule has 3 aliphatic heterocycles. The molecule has 108 valence electrons. The Morgan fingerprint density at radius 1 is 1.05 bits per heavy atom. The zero-order valence-corrected chi connectivity index (χ0v) is 12.5. The number of rotatable bonds is 4. The third kappa shape index (κ3) is 2.51. The van der Waals surface area contributed by atoms with Crippen LogP contribution in [0.1, 0.15) is 42.9 Å². The molecule has 3 saturated heterocycles. The van der Waals surface area contributed by atoms with Gasteiger partial charge in [0.25, 0.3) is 0 Å². The summed E-state index contributed by atoms with van der Waals surface area (Å²) in [4.78, 5) is 2.65. The van der Waals surface area contributed by atoms with Crippen molar-refractivity contribution in [2.75, 3.05) is 19.6 Å². The third-order valence-corrected chi connectivity index (χ3v) is 5.58. The summed E-state index contributed by atoms with van der Waals surface area (Å²) >= 11 is 0. The van der Waals surface area contributed by atoms with Crippen LogP contribution in [-0.2, 0) is 0 Å². The first kappa shape index (κ1) is 12.8. The fourth-order valence-electron chi connectivity index (χ4n) is 4.09. The van der Waals surface area contributed by atoms with Gasteiger partial charge < -0.3 is 10.2 Å². The van der Waals surface area contributed by atoms with E-state index in [9.17, 15) is 0 Å². The molecular weight excluding hydrogens is 244 g/mol. The lowest BCUT2D eigenvalue weighted by atomic mass is 9.83. The average Bonchev–Trinajstić information content (AvgIpc) is 3.32. The molecule has 3 heterocycles. The van der Waals surface area contributed by atoms with Crippen LogP contribution in [0.4, 0.5) is 0 Å². The van der Waals surface area contributed by atoms with Crippen molar-refractivity contribution < 1.29 is 0 Å². The Bertz CT molecular complexity index is 455. The molecule has 1 aromatic carbocycles. The Morgan fingerprint density at radius 3 is 2.30 bits per heavy atom. The molecule has 1 aliphatic carbocycles. The van der Waals surface area contributed by atoms with E-state index < -0.39 is 0 Å². The van der Waals surface area contributed by atoms with Gasteiger partial charge in [-0.15, -0.1) is 0 Å². The van der Waals surface area contributed by atoms with E-state index in [1.807, 2.05) is 0 Å². The molecule has 4 fully saturated rings. The van der Waals surface area contributed by atoms with E-state index in [2.05, 4.69) is 41.4 Å². The third-order valence-electron chi connectivity index (χ3n) is 5.58. The Hall–Kier alpha value is -0.860. The molecule has 1 aromatic rings. The zero-order chi connectivity index (χ0) is 13.5.